The predicted octanol–water partition coefficient (Wildman–Crippen LogP) is 3.44. The highest BCUT2D eigenvalue weighted by Gasteiger charge is 2.28. The van der Waals surface area contributed by atoms with E-state index in [9.17, 15) is 27.3 Å². The summed E-state index contributed by atoms with van der Waals surface area (Å²) in [5, 5.41) is 11.7. The molecule has 158 valence electrons. The lowest BCUT2D eigenvalue weighted by atomic mass is 10.1. The third-order valence-corrected chi connectivity index (χ3v) is 7.10. The van der Waals surface area contributed by atoms with E-state index in [0.717, 1.165) is 31.4 Å². The van der Waals surface area contributed by atoms with Crippen molar-refractivity contribution in [3.05, 3.63) is 64.7 Å². The second-order valence-corrected chi connectivity index (χ2v) is 9.05. The molecule has 6 nitrogen and oxygen atoms in total. The molecule has 0 radical (unpaired) electrons. The van der Waals surface area contributed by atoms with E-state index in [-0.39, 0.29) is 16.0 Å². The molecular formula is C21H21F2N3O3S. The number of carbonyl (C=O) groups excluding carboxylic acids is 1. The first-order valence-electron chi connectivity index (χ1n) is 9.50. The van der Waals surface area contributed by atoms with Gasteiger partial charge in [-0.15, -0.1) is 0 Å². The van der Waals surface area contributed by atoms with Crippen molar-refractivity contribution >= 4 is 15.9 Å². The van der Waals surface area contributed by atoms with Crippen LogP contribution in [0.1, 0.15) is 46.8 Å². The Bertz CT molecular complexity index is 1110. The molecule has 9 heteroatoms. The molecule has 1 N–H and O–H groups in total. The highest BCUT2D eigenvalue weighted by molar-refractivity contribution is 7.89. The number of carbonyl (C=O) groups is 1. The highest BCUT2D eigenvalue weighted by Crippen LogP contribution is 2.25. The van der Waals surface area contributed by atoms with Crippen molar-refractivity contribution in [3.63, 3.8) is 0 Å². The van der Waals surface area contributed by atoms with Gasteiger partial charge in [0, 0.05) is 30.3 Å². The molecule has 0 aromatic heterocycles. The summed E-state index contributed by atoms with van der Waals surface area (Å²) in [6.45, 7) is 2.50. The lowest BCUT2D eigenvalue weighted by Gasteiger charge is -2.26. The van der Waals surface area contributed by atoms with Crippen LogP contribution in [0.3, 0.4) is 0 Å². The average Bonchev–Trinajstić information content (AvgIpc) is 2.73. The van der Waals surface area contributed by atoms with Crippen LogP contribution in [-0.4, -0.2) is 31.7 Å². The van der Waals surface area contributed by atoms with E-state index in [4.69, 9.17) is 0 Å². The molecule has 1 aliphatic heterocycles. The molecule has 2 aromatic carbocycles. The Balaban J connectivity index is 1.88. The number of halogens is 2. The van der Waals surface area contributed by atoms with Crippen LogP contribution in [0.2, 0.25) is 0 Å². The van der Waals surface area contributed by atoms with Gasteiger partial charge in [0.25, 0.3) is 5.91 Å². The Hall–Kier alpha value is -2.83. The van der Waals surface area contributed by atoms with Crippen LogP contribution in [0, 0.1) is 29.9 Å². The zero-order valence-electron chi connectivity index (χ0n) is 16.4. The van der Waals surface area contributed by atoms with Gasteiger partial charge in [-0.3, -0.25) is 4.79 Å². The number of amides is 1. The normalized spacial score (nSPS) is 15.9. The zero-order chi connectivity index (χ0) is 21.9. The number of piperidine rings is 1. The van der Waals surface area contributed by atoms with Crippen molar-refractivity contribution < 1.29 is 22.0 Å². The second-order valence-electron chi connectivity index (χ2n) is 7.15. The monoisotopic (exact) mass is 433 g/mol. The number of nitrogens with zero attached hydrogens (tertiary/aromatic N) is 2. The van der Waals surface area contributed by atoms with E-state index in [2.05, 4.69) is 5.32 Å². The topological polar surface area (TPSA) is 90.3 Å². The summed E-state index contributed by atoms with van der Waals surface area (Å²) in [6.07, 6.45) is 2.54. The second kappa shape index (κ2) is 8.90. The number of hydrogen-bond donors (Lipinski definition) is 1. The molecule has 1 fully saturated rings. The van der Waals surface area contributed by atoms with E-state index < -0.39 is 33.6 Å². The van der Waals surface area contributed by atoms with Gasteiger partial charge < -0.3 is 5.32 Å². The molecule has 3 rings (SSSR count). The number of hydrogen-bond acceptors (Lipinski definition) is 4. The quantitative estimate of drug-likeness (QED) is 0.782. The van der Waals surface area contributed by atoms with E-state index in [0.29, 0.717) is 24.7 Å². The van der Waals surface area contributed by atoms with E-state index in [1.54, 1.807) is 13.0 Å². The van der Waals surface area contributed by atoms with Crippen LogP contribution in [0.4, 0.5) is 8.78 Å². The molecular weight excluding hydrogens is 412 g/mol. The summed E-state index contributed by atoms with van der Waals surface area (Å²) < 4.78 is 54.6. The van der Waals surface area contributed by atoms with Crippen LogP contribution in [0.15, 0.2) is 41.3 Å². The van der Waals surface area contributed by atoms with Crippen LogP contribution in [-0.2, 0) is 10.0 Å². The summed E-state index contributed by atoms with van der Waals surface area (Å²) in [7, 11) is -3.76. The minimum atomic E-state index is -3.76. The number of nitrogens with one attached hydrogen (secondary N) is 1. The largest absolute Gasteiger partial charge is 0.332 e. The first kappa shape index (κ1) is 21.9. The Morgan fingerprint density at radius 2 is 1.83 bits per heavy atom. The van der Waals surface area contributed by atoms with Gasteiger partial charge in [0.1, 0.15) is 17.7 Å². The van der Waals surface area contributed by atoms with Crippen molar-refractivity contribution in [1.82, 2.24) is 9.62 Å². The maximum Gasteiger partial charge on any atom is 0.252 e. The fourth-order valence-electron chi connectivity index (χ4n) is 3.39. The third kappa shape index (κ3) is 4.50. The molecule has 0 spiro atoms. The molecule has 1 heterocycles. The van der Waals surface area contributed by atoms with Crippen LogP contribution in [0.5, 0.6) is 0 Å². The fraction of sp³-hybridized carbons (Fsp3) is 0.333. The molecule has 1 saturated heterocycles. The Kier molecular flexibility index (Phi) is 6.48. The van der Waals surface area contributed by atoms with E-state index >= 15 is 0 Å². The van der Waals surface area contributed by atoms with Crippen molar-refractivity contribution in [3.8, 4) is 6.07 Å². The van der Waals surface area contributed by atoms with E-state index in [1.165, 1.54) is 22.5 Å². The van der Waals surface area contributed by atoms with Gasteiger partial charge in [0.05, 0.1) is 11.0 Å². The van der Waals surface area contributed by atoms with Crippen molar-refractivity contribution in [2.24, 2.45) is 0 Å². The number of nitriles is 1. The summed E-state index contributed by atoms with van der Waals surface area (Å²) in [5.41, 5.74) is 0.345. The molecule has 1 aliphatic rings. The number of rotatable bonds is 5. The highest BCUT2D eigenvalue weighted by atomic mass is 32.2. The van der Waals surface area contributed by atoms with E-state index in [1.807, 2.05) is 0 Å². The van der Waals surface area contributed by atoms with Crippen molar-refractivity contribution in [2.75, 3.05) is 13.1 Å². The van der Waals surface area contributed by atoms with Gasteiger partial charge >= 0.3 is 0 Å². The standard InChI is InChI=1S/C21H21F2N3O3S/c1-14-5-6-15(11-20(14)30(28,29)26-9-3-2-4-10-26)21(27)25-19(13-24)17-8-7-16(22)12-18(17)23/h5-8,11-12,19H,2-4,9-10H2,1H3,(H,25,27). The lowest BCUT2D eigenvalue weighted by Crippen LogP contribution is -2.36. The van der Waals surface area contributed by atoms with Gasteiger partial charge in [-0.2, -0.15) is 9.57 Å². The van der Waals surface area contributed by atoms with Crippen molar-refractivity contribution in [1.29, 1.82) is 5.26 Å². The Labute approximate surface area is 174 Å². The van der Waals surface area contributed by atoms with Gasteiger partial charge in [-0.1, -0.05) is 18.6 Å². The number of aryl methyl sites for hydroxylation is 1. The molecule has 0 bridgehead atoms. The molecule has 2 aromatic rings. The summed E-state index contributed by atoms with van der Waals surface area (Å²) in [5.74, 6) is -2.50. The van der Waals surface area contributed by atoms with Crippen LogP contribution >= 0.6 is 0 Å². The first-order chi connectivity index (χ1) is 14.2. The molecule has 0 saturated carbocycles. The van der Waals surface area contributed by atoms with Gasteiger partial charge in [-0.25, -0.2) is 17.2 Å². The molecule has 1 atom stereocenters. The zero-order valence-corrected chi connectivity index (χ0v) is 17.2. The first-order valence-corrected chi connectivity index (χ1v) is 10.9. The minimum absolute atomic E-state index is 0.0264. The SMILES string of the molecule is Cc1ccc(C(=O)NC(C#N)c2ccc(F)cc2F)cc1S(=O)(=O)N1CCCCC1. The maximum atomic E-state index is 14.0. The smallest absolute Gasteiger partial charge is 0.252 e. The minimum Gasteiger partial charge on any atom is -0.332 e. The lowest BCUT2D eigenvalue weighted by molar-refractivity contribution is 0.0944. The average molecular weight is 433 g/mol. The van der Waals surface area contributed by atoms with Gasteiger partial charge in [0.15, 0.2) is 0 Å². The predicted molar refractivity (Wildman–Crippen MR) is 106 cm³/mol. The third-order valence-electron chi connectivity index (χ3n) is 5.06. The Morgan fingerprint density at radius 3 is 2.47 bits per heavy atom. The molecule has 1 amide bonds. The van der Waals surface area contributed by atoms with Crippen LogP contribution in [0.25, 0.3) is 0 Å². The molecule has 0 aliphatic carbocycles. The summed E-state index contributed by atoms with van der Waals surface area (Å²) in [4.78, 5) is 12.7. The van der Waals surface area contributed by atoms with Crippen molar-refractivity contribution in [2.45, 2.75) is 37.1 Å². The summed E-state index contributed by atoms with van der Waals surface area (Å²) >= 11 is 0. The van der Waals surface area contributed by atoms with Gasteiger partial charge in [-0.05, 0) is 43.5 Å². The summed E-state index contributed by atoms with van der Waals surface area (Å²) in [6, 6.07) is 7.33. The number of sulfonamides is 1. The molecule has 1 unspecified atom stereocenters. The fourth-order valence-corrected chi connectivity index (χ4v) is 5.16. The van der Waals surface area contributed by atoms with Gasteiger partial charge in [0.2, 0.25) is 10.0 Å². The number of benzene rings is 2. The Morgan fingerprint density at radius 1 is 1.13 bits per heavy atom. The molecule has 30 heavy (non-hydrogen) atoms. The maximum absolute atomic E-state index is 14.0. The van der Waals surface area contributed by atoms with Crippen LogP contribution < -0.4 is 5.32 Å².